The summed E-state index contributed by atoms with van der Waals surface area (Å²) >= 11 is 0. The van der Waals surface area contributed by atoms with E-state index >= 15 is 0 Å². The van der Waals surface area contributed by atoms with Gasteiger partial charge in [0.2, 0.25) is 5.91 Å². The number of hydrogen-bond acceptors (Lipinski definition) is 5. The van der Waals surface area contributed by atoms with E-state index in [0.29, 0.717) is 29.6 Å². The van der Waals surface area contributed by atoms with Crippen LogP contribution >= 0.6 is 0 Å². The van der Waals surface area contributed by atoms with Crippen molar-refractivity contribution in [1.82, 2.24) is 10.2 Å². The Labute approximate surface area is 243 Å². The highest BCUT2D eigenvalue weighted by atomic mass is 16.3. The Morgan fingerprint density at radius 1 is 1.12 bits per heavy atom. The minimum Gasteiger partial charge on any atom is -0.393 e. The number of nitrogens with one attached hydrogen (secondary N) is 1. The van der Waals surface area contributed by atoms with Gasteiger partial charge in [-0.1, -0.05) is 43.9 Å². The van der Waals surface area contributed by atoms with Crippen LogP contribution in [0.4, 0.5) is 0 Å². The number of fused-ring (bicyclic) bond motifs is 2. The third kappa shape index (κ3) is 6.71. The van der Waals surface area contributed by atoms with Crippen molar-refractivity contribution in [2.75, 3.05) is 13.1 Å². The van der Waals surface area contributed by atoms with Crippen molar-refractivity contribution in [2.45, 2.75) is 129 Å². The second-order valence-corrected chi connectivity index (χ2v) is 14.4. The van der Waals surface area contributed by atoms with Crippen molar-refractivity contribution >= 4 is 5.91 Å². The number of nitrogens with two attached hydrogens (primary N) is 1. The standard InChI is InChI=1S/C34H57N3O3/c1-4-28-29-14-15-37(34(40)26-13-12-24-10-5-6-11-25(24)18-26)20-27(29)19-31(38)32(28)22(3)36-30(33(35)39)17-23-9-7-8-21(2)16-23/h8,13,22-25,27-33,36,38-39H,4-7,9-12,14-20,35H2,1-3H3/t22?,23-,24-,25+,27?,28?,29?,30-,31?,32?,33-/m0/s1. The second kappa shape index (κ2) is 13.4. The zero-order chi connectivity index (χ0) is 28.4. The van der Waals surface area contributed by atoms with Crippen LogP contribution < -0.4 is 11.1 Å². The molecule has 5 N–H and O–H groups in total. The van der Waals surface area contributed by atoms with Gasteiger partial charge < -0.3 is 26.2 Å². The molecule has 3 fully saturated rings. The van der Waals surface area contributed by atoms with E-state index in [1.54, 1.807) is 0 Å². The smallest absolute Gasteiger partial charge is 0.249 e. The Morgan fingerprint density at radius 3 is 2.62 bits per heavy atom. The van der Waals surface area contributed by atoms with Crippen molar-refractivity contribution < 1.29 is 15.0 Å². The minimum absolute atomic E-state index is 0.0693. The molecule has 1 amide bonds. The van der Waals surface area contributed by atoms with Crippen molar-refractivity contribution in [3.05, 3.63) is 23.3 Å². The number of likely N-dealkylation sites (tertiary alicyclic amines) is 1. The number of aliphatic hydroxyl groups excluding tert-OH is 2. The number of allylic oxidation sites excluding steroid dienone is 3. The third-order valence-electron chi connectivity index (χ3n) is 11.8. The fourth-order valence-corrected chi connectivity index (χ4v) is 9.79. The molecular weight excluding hydrogens is 498 g/mol. The lowest BCUT2D eigenvalue weighted by molar-refractivity contribution is -0.135. The molecule has 0 radical (unpaired) electrons. The molecule has 1 aliphatic heterocycles. The predicted octanol–water partition coefficient (Wildman–Crippen LogP) is 5.15. The normalized spacial score (nSPS) is 38.8. The Morgan fingerprint density at radius 2 is 1.90 bits per heavy atom. The first-order valence-electron chi connectivity index (χ1n) is 16.8. The Balaban J connectivity index is 1.20. The van der Waals surface area contributed by atoms with Gasteiger partial charge in [0, 0.05) is 36.7 Å². The van der Waals surface area contributed by atoms with Crippen molar-refractivity contribution in [3.63, 3.8) is 0 Å². The Bertz CT molecular complexity index is 931. The summed E-state index contributed by atoms with van der Waals surface area (Å²) in [4.78, 5) is 15.7. The first kappa shape index (κ1) is 30.3. The van der Waals surface area contributed by atoms with E-state index in [0.717, 1.165) is 82.4 Å². The molecule has 0 bridgehead atoms. The van der Waals surface area contributed by atoms with Crippen molar-refractivity contribution in [2.24, 2.45) is 47.2 Å². The van der Waals surface area contributed by atoms with Gasteiger partial charge in [-0.3, -0.25) is 4.79 Å². The summed E-state index contributed by atoms with van der Waals surface area (Å²) in [6.07, 6.45) is 17.7. The van der Waals surface area contributed by atoms with Gasteiger partial charge in [-0.15, -0.1) is 0 Å². The number of carbonyl (C=O) groups excluding carboxylic acids is 1. The van der Waals surface area contributed by atoms with E-state index in [-0.39, 0.29) is 23.9 Å². The van der Waals surface area contributed by atoms with Gasteiger partial charge in [0.25, 0.3) is 0 Å². The number of amides is 1. The van der Waals surface area contributed by atoms with E-state index in [2.05, 4.69) is 43.1 Å². The van der Waals surface area contributed by atoms with Crippen molar-refractivity contribution in [1.29, 1.82) is 0 Å². The number of hydrogen-bond donors (Lipinski definition) is 4. The number of nitrogens with zero attached hydrogens (tertiary/aromatic N) is 1. The summed E-state index contributed by atoms with van der Waals surface area (Å²) < 4.78 is 0. The van der Waals surface area contributed by atoms with Gasteiger partial charge in [-0.2, -0.15) is 0 Å². The van der Waals surface area contributed by atoms with Crippen molar-refractivity contribution in [3.8, 4) is 0 Å². The van der Waals surface area contributed by atoms with Gasteiger partial charge in [0.1, 0.15) is 6.23 Å². The van der Waals surface area contributed by atoms with Crippen LogP contribution in [0.1, 0.15) is 104 Å². The maximum absolute atomic E-state index is 13.6. The van der Waals surface area contributed by atoms with E-state index in [1.807, 2.05) is 0 Å². The SMILES string of the molecule is CCC1C2CCN(C(=O)C3=CC[C@@H]4CCCC[C@@H]4C3)CC2CC(O)C1C(C)N[C@@H](C[C@H]1CCC=C(C)C1)[C@@H](N)O. The molecule has 6 heteroatoms. The summed E-state index contributed by atoms with van der Waals surface area (Å²) in [7, 11) is 0. The van der Waals surface area contributed by atoms with E-state index in [4.69, 9.17) is 5.73 Å². The zero-order valence-corrected chi connectivity index (χ0v) is 25.4. The lowest BCUT2D eigenvalue weighted by Gasteiger charge is -2.52. The zero-order valence-electron chi connectivity index (χ0n) is 25.4. The van der Waals surface area contributed by atoms with Crippen LogP contribution in [0.5, 0.6) is 0 Å². The van der Waals surface area contributed by atoms with Crippen LogP contribution in [0, 0.1) is 41.4 Å². The predicted molar refractivity (Wildman–Crippen MR) is 161 cm³/mol. The van der Waals surface area contributed by atoms with Gasteiger partial charge in [-0.05, 0) is 114 Å². The van der Waals surface area contributed by atoms with Crippen LogP contribution in [0.2, 0.25) is 0 Å². The topological polar surface area (TPSA) is 98.8 Å². The van der Waals surface area contributed by atoms with Crippen LogP contribution in [0.25, 0.3) is 0 Å². The highest BCUT2D eigenvalue weighted by molar-refractivity contribution is 5.93. The van der Waals surface area contributed by atoms with E-state index in [1.165, 1.54) is 31.3 Å². The molecule has 5 rings (SSSR count). The number of piperidine rings is 1. The van der Waals surface area contributed by atoms with Gasteiger partial charge in [0.05, 0.1) is 6.10 Å². The van der Waals surface area contributed by atoms with E-state index in [9.17, 15) is 15.0 Å². The molecule has 226 valence electrons. The first-order chi connectivity index (χ1) is 19.2. The lowest BCUT2D eigenvalue weighted by atomic mass is 9.60. The van der Waals surface area contributed by atoms with Crippen LogP contribution in [-0.4, -0.2) is 58.5 Å². The summed E-state index contributed by atoms with van der Waals surface area (Å²) in [6, 6.07) is -0.0971. The summed E-state index contributed by atoms with van der Waals surface area (Å²) in [6.45, 7) is 8.27. The van der Waals surface area contributed by atoms with Gasteiger partial charge in [0.15, 0.2) is 0 Å². The Hall–Kier alpha value is -1.21. The molecule has 0 aromatic heterocycles. The summed E-state index contributed by atoms with van der Waals surface area (Å²) in [5.74, 6) is 3.75. The molecule has 0 aromatic rings. The number of aliphatic hydroxyl groups is 2. The molecule has 6 nitrogen and oxygen atoms in total. The highest BCUT2D eigenvalue weighted by Gasteiger charge is 2.48. The molecule has 0 spiro atoms. The van der Waals surface area contributed by atoms with Gasteiger partial charge in [-0.25, -0.2) is 0 Å². The van der Waals surface area contributed by atoms with E-state index < -0.39 is 12.3 Å². The lowest BCUT2D eigenvalue weighted by Crippen LogP contribution is -2.59. The molecule has 5 aliphatic rings. The first-order valence-corrected chi connectivity index (χ1v) is 16.8. The molecule has 1 heterocycles. The average molecular weight is 556 g/mol. The average Bonchev–Trinajstić information content (AvgIpc) is 2.95. The molecule has 11 atom stereocenters. The fourth-order valence-electron chi connectivity index (χ4n) is 9.79. The quantitative estimate of drug-likeness (QED) is 0.245. The Kier molecular flexibility index (Phi) is 10.1. The van der Waals surface area contributed by atoms with Gasteiger partial charge >= 0.3 is 0 Å². The summed E-state index contributed by atoms with van der Waals surface area (Å²) in [5.41, 5.74) is 8.60. The highest BCUT2D eigenvalue weighted by Crippen LogP contribution is 2.47. The third-order valence-corrected chi connectivity index (χ3v) is 11.8. The molecule has 2 saturated carbocycles. The largest absolute Gasteiger partial charge is 0.393 e. The number of carbonyl (C=O) groups is 1. The van der Waals surface area contributed by atoms with Crippen LogP contribution in [0.15, 0.2) is 23.3 Å². The molecule has 4 aliphatic carbocycles. The molecule has 1 saturated heterocycles. The molecule has 6 unspecified atom stereocenters. The maximum Gasteiger partial charge on any atom is 0.249 e. The van der Waals surface area contributed by atoms with Crippen LogP contribution in [-0.2, 0) is 4.79 Å². The van der Waals surface area contributed by atoms with Crippen LogP contribution in [0.3, 0.4) is 0 Å². The number of rotatable bonds is 8. The monoisotopic (exact) mass is 555 g/mol. The second-order valence-electron chi connectivity index (χ2n) is 14.4. The summed E-state index contributed by atoms with van der Waals surface area (Å²) in [5, 5.41) is 25.7. The molecule has 0 aromatic carbocycles. The molecule has 40 heavy (non-hydrogen) atoms. The maximum atomic E-state index is 13.6. The fraction of sp³-hybridized carbons (Fsp3) is 0.853. The molecular formula is C34H57N3O3. The minimum atomic E-state index is -0.908.